The summed E-state index contributed by atoms with van der Waals surface area (Å²) in [6, 6.07) is 19.2. The maximum atomic E-state index is 13.0. The molecule has 1 saturated heterocycles. The van der Waals surface area contributed by atoms with Gasteiger partial charge >= 0.3 is 0 Å². The molecule has 2 amide bonds. The van der Waals surface area contributed by atoms with Crippen LogP contribution in [0.2, 0.25) is 0 Å². The fraction of sp³-hybridized carbons (Fsp3) is 0.200. The summed E-state index contributed by atoms with van der Waals surface area (Å²) in [4.78, 5) is 27.3. The number of rotatable bonds is 7. The molecule has 3 aromatic carbocycles. The fourth-order valence-corrected chi connectivity index (χ4v) is 4.34. The van der Waals surface area contributed by atoms with Gasteiger partial charge in [-0.1, -0.05) is 42.5 Å². The van der Waals surface area contributed by atoms with Gasteiger partial charge in [0.1, 0.15) is 11.5 Å². The van der Waals surface area contributed by atoms with Crippen LogP contribution < -0.4 is 9.47 Å². The van der Waals surface area contributed by atoms with Gasteiger partial charge in [0.05, 0.1) is 24.7 Å². The van der Waals surface area contributed by atoms with Crippen LogP contribution in [0.4, 0.5) is 4.79 Å². The predicted molar refractivity (Wildman–Crippen MR) is 124 cm³/mol. The lowest BCUT2D eigenvalue weighted by molar-refractivity contribution is -0.123. The van der Waals surface area contributed by atoms with Gasteiger partial charge in [0, 0.05) is 5.56 Å². The molecule has 0 aromatic heterocycles. The van der Waals surface area contributed by atoms with Crippen LogP contribution in [0.1, 0.15) is 25.0 Å². The van der Waals surface area contributed by atoms with Crippen LogP contribution in [-0.4, -0.2) is 29.3 Å². The molecule has 1 heterocycles. The third-order valence-corrected chi connectivity index (χ3v) is 5.85. The Hall–Kier alpha value is -3.25. The fourth-order valence-electron chi connectivity index (χ4n) is 3.52. The van der Waals surface area contributed by atoms with Crippen LogP contribution in [0.5, 0.6) is 11.5 Å². The highest BCUT2D eigenvalue weighted by Crippen LogP contribution is 2.38. The molecule has 1 aliphatic heterocycles. The van der Waals surface area contributed by atoms with Crippen LogP contribution in [0.25, 0.3) is 16.8 Å². The van der Waals surface area contributed by atoms with Crippen molar-refractivity contribution >= 4 is 39.8 Å². The van der Waals surface area contributed by atoms with Gasteiger partial charge in [-0.3, -0.25) is 14.5 Å². The summed E-state index contributed by atoms with van der Waals surface area (Å²) >= 11 is 0.957. The molecule has 3 aromatic rings. The van der Waals surface area contributed by atoms with Crippen molar-refractivity contribution < 1.29 is 19.1 Å². The van der Waals surface area contributed by atoms with Gasteiger partial charge in [0.15, 0.2) is 0 Å². The number of carbonyl (C=O) groups excluding carboxylic acids is 2. The molecule has 158 valence electrons. The van der Waals surface area contributed by atoms with E-state index in [-0.39, 0.29) is 17.7 Å². The van der Waals surface area contributed by atoms with Crippen molar-refractivity contribution in [1.29, 1.82) is 0 Å². The molecule has 0 unspecified atom stereocenters. The van der Waals surface area contributed by atoms with Crippen molar-refractivity contribution in [2.75, 3.05) is 13.2 Å². The second-order valence-corrected chi connectivity index (χ2v) is 7.97. The number of carbonyl (C=O) groups is 2. The molecule has 0 radical (unpaired) electrons. The molecule has 0 saturated carbocycles. The lowest BCUT2D eigenvalue weighted by Gasteiger charge is -2.13. The third kappa shape index (κ3) is 4.44. The number of nitrogens with zero attached hydrogens (tertiary/aromatic N) is 1. The Morgan fingerprint density at radius 1 is 0.935 bits per heavy atom. The van der Waals surface area contributed by atoms with Crippen molar-refractivity contribution in [1.82, 2.24) is 4.90 Å². The molecule has 0 aliphatic carbocycles. The van der Waals surface area contributed by atoms with E-state index < -0.39 is 0 Å². The summed E-state index contributed by atoms with van der Waals surface area (Å²) < 4.78 is 11.5. The summed E-state index contributed by atoms with van der Waals surface area (Å²) in [6.45, 7) is 5.16. The third-order valence-electron chi connectivity index (χ3n) is 4.94. The quantitative estimate of drug-likeness (QED) is 0.436. The zero-order chi connectivity index (χ0) is 21.8. The molecule has 6 heteroatoms. The van der Waals surface area contributed by atoms with Crippen LogP contribution in [0, 0.1) is 0 Å². The first-order chi connectivity index (χ1) is 15.1. The van der Waals surface area contributed by atoms with Crippen molar-refractivity contribution in [2.24, 2.45) is 0 Å². The Morgan fingerprint density at radius 2 is 1.68 bits per heavy atom. The molecule has 0 N–H and O–H groups in total. The van der Waals surface area contributed by atoms with E-state index in [9.17, 15) is 9.59 Å². The lowest BCUT2D eigenvalue weighted by atomic mass is 10.0. The zero-order valence-corrected chi connectivity index (χ0v) is 18.3. The SMILES string of the molecule is CCOc1ccc2ccc(OCC)c(/C=C3\SC(=O)N(Cc4ccccc4)C3=O)c2c1. The summed E-state index contributed by atoms with van der Waals surface area (Å²) in [5.74, 6) is 1.12. The van der Waals surface area contributed by atoms with Gasteiger partial charge in [-0.15, -0.1) is 0 Å². The van der Waals surface area contributed by atoms with E-state index in [0.29, 0.717) is 23.9 Å². The van der Waals surface area contributed by atoms with E-state index in [1.54, 1.807) is 6.08 Å². The van der Waals surface area contributed by atoms with E-state index >= 15 is 0 Å². The molecule has 1 fully saturated rings. The Bertz CT molecular complexity index is 1150. The minimum Gasteiger partial charge on any atom is -0.494 e. The Balaban J connectivity index is 1.75. The molecule has 0 atom stereocenters. The number of amides is 2. The number of thioether (sulfide) groups is 1. The number of hydrogen-bond donors (Lipinski definition) is 0. The van der Waals surface area contributed by atoms with E-state index in [1.807, 2.05) is 74.5 Å². The van der Waals surface area contributed by atoms with Crippen LogP contribution in [0.15, 0.2) is 65.6 Å². The largest absolute Gasteiger partial charge is 0.494 e. The maximum absolute atomic E-state index is 13.0. The predicted octanol–water partition coefficient (Wildman–Crippen LogP) is 5.87. The second kappa shape index (κ2) is 9.27. The average molecular weight is 434 g/mol. The van der Waals surface area contributed by atoms with Crippen molar-refractivity contribution in [3.8, 4) is 11.5 Å². The molecular weight excluding hydrogens is 410 g/mol. The maximum Gasteiger partial charge on any atom is 0.293 e. The monoisotopic (exact) mass is 433 g/mol. The minimum atomic E-state index is -0.292. The zero-order valence-electron chi connectivity index (χ0n) is 17.5. The Morgan fingerprint density at radius 3 is 2.42 bits per heavy atom. The topological polar surface area (TPSA) is 55.8 Å². The number of hydrogen-bond acceptors (Lipinski definition) is 5. The summed E-state index contributed by atoms with van der Waals surface area (Å²) in [7, 11) is 0. The van der Waals surface area contributed by atoms with Crippen molar-refractivity contribution in [3.63, 3.8) is 0 Å². The summed E-state index contributed by atoms with van der Waals surface area (Å²) in [5, 5.41) is 1.64. The molecule has 4 rings (SSSR count). The van der Waals surface area contributed by atoms with Gasteiger partial charge in [0.25, 0.3) is 11.1 Å². The number of fused-ring (bicyclic) bond motifs is 1. The smallest absolute Gasteiger partial charge is 0.293 e. The second-order valence-electron chi connectivity index (χ2n) is 6.98. The first kappa shape index (κ1) is 21.0. The molecule has 0 bridgehead atoms. The Kier molecular flexibility index (Phi) is 6.28. The highest BCUT2D eigenvalue weighted by Gasteiger charge is 2.35. The van der Waals surface area contributed by atoms with Crippen molar-refractivity contribution in [3.05, 3.63) is 76.7 Å². The summed E-state index contributed by atoms with van der Waals surface area (Å²) in [5.41, 5.74) is 1.68. The highest BCUT2D eigenvalue weighted by atomic mass is 32.2. The first-order valence-electron chi connectivity index (χ1n) is 10.2. The van der Waals surface area contributed by atoms with Gasteiger partial charge in [-0.05, 0) is 66.2 Å². The van der Waals surface area contributed by atoms with Crippen LogP contribution in [0.3, 0.4) is 0 Å². The normalized spacial score (nSPS) is 15.2. The van der Waals surface area contributed by atoms with E-state index in [4.69, 9.17) is 9.47 Å². The lowest BCUT2D eigenvalue weighted by Crippen LogP contribution is -2.27. The average Bonchev–Trinajstić information content (AvgIpc) is 3.04. The van der Waals surface area contributed by atoms with Crippen LogP contribution in [-0.2, 0) is 11.3 Å². The van der Waals surface area contributed by atoms with Gasteiger partial charge in [-0.25, -0.2) is 0 Å². The van der Waals surface area contributed by atoms with E-state index in [2.05, 4.69) is 0 Å². The van der Waals surface area contributed by atoms with Crippen molar-refractivity contribution in [2.45, 2.75) is 20.4 Å². The highest BCUT2D eigenvalue weighted by molar-refractivity contribution is 8.18. The molecule has 1 aliphatic rings. The standard InChI is InChI=1S/C25H23NO4S/c1-3-29-19-12-10-18-11-13-22(30-4-2)21(20(18)14-19)15-23-24(27)26(25(28)31-23)16-17-8-6-5-7-9-17/h5-15H,3-4,16H2,1-2H3/b23-15-. The van der Waals surface area contributed by atoms with Gasteiger partial charge in [-0.2, -0.15) is 0 Å². The van der Waals surface area contributed by atoms with E-state index in [0.717, 1.165) is 39.4 Å². The molecule has 31 heavy (non-hydrogen) atoms. The number of ether oxygens (including phenoxy) is 2. The van der Waals surface area contributed by atoms with E-state index in [1.165, 1.54) is 4.90 Å². The van der Waals surface area contributed by atoms with Crippen LogP contribution >= 0.6 is 11.8 Å². The summed E-state index contributed by atoms with van der Waals surface area (Å²) in [6.07, 6.45) is 1.76. The molecule has 0 spiro atoms. The number of benzene rings is 3. The Labute approximate surface area is 185 Å². The molecular formula is C25H23NO4S. The number of imide groups is 1. The van der Waals surface area contributed by atoms with Gasteiger partial charge < -0.3 is 9.47 Å². The first-order valence-corrected chi connectivity index (χ1v) is 11.0. The minimum absolute atomic E-state index is 0.255. The van der Waals surface area contributed by atoms with Gasteiger partial charge in [0.2, 0.25) is 0 Å². The molecule has 5 nitrogen and oxygen atoms in total.